The second kappa shape index (κ2) is 2.81. The zero-order valence-electron chi connectivity index (χ0n) is 11.7. The van der Waals surface area contributed by atoms with Gasteiger partial charge in [0.2, 0.25) is 0 Å². The van der Waals surface area contributed by atoms with Gasteiger partial charge in [-0.05, 0) is 48.0 Å². The van der Waals surface area contributed by atoms with Gasteiger partial charge in [-0.1, -0.05) is 18.2 Å². The molecule has 4 bridgehead atoms. The van der Waals surface area contributed by atoms with Crippen LogP contribution in [0.15, 0.2) is 24.3 Å². The lowest BCUT2D eigenvalue weighted by Gasteiger charge is -2.45. The molecule has 0 spiro atoms. The van der Waals surface area contributed by atoms with Crippen LogP contribution >= 0.6 is 0 Å². The molecule has 0 aromatic heterocycles. The summed E-state index contributed by atoms with van der Waals surface area (Å²) in [6, 6.07) is 7.64. The van der Waals surface area contributed by atoms with Crippen LogP contribution in [0.2, 0.25) is 0 Å². The topological polar surface area (TPSA) is 23.5 Å². The lowest BCUT2D eigenvalue weighted by molar-refractivity contribution is -0.134. The van der Waals surface area contributed by atoms with Gasteiger partial charge in [-0.2, -0.15) is 0 Å². The van der Waals surface area contributed by atoms with Gasteiger partial charge in [0, 0.05) is 30.0 Å². The van der Waals surface area contributed by atoms with E-state index >= 15 is 0 Å². The summed E-state index contributed by atoms with van der Waals surface area (Å²) in [5.74, 6) is 5.84. The molecule has 8 rings (SSSR count). The van der Waals surface area contributed by atoms with E-state index in [1.165, 1.54) is 6.42 Å². The highest BCUT2D eigenvalue weighted by Crippen LogP contribution is 2.90. The Kier molecular flexibility index (Phi) is 1.44. The molecular weight excluding hydrogens is 265 g/mol. The summed E-state index contributed by atoms with van der Waals surface area (Å²) >= 11 is 0. The molecule has 0 amide bonds. The molecular formula is C18H18FNO. The summed E-state index contributed by atoms with van der Waals surface area (Å²) in [7, 11) is 0. The van der Waals surface area contributed by atoms with Crippen molar-refractivity contribution in [2.75, 3.05) is 0 Å². The van der Waals surface area contributed by atoms with Crippen LogP contribution in [-0.4, -0.2) is 21.8 Å². The minimum Gasteiger partial charge on any atom is -0.375 e. The minimum atomic E-state index is -0.584. The molecule has 21 heavy (non-hydrogen) atoms. The van der Waals surface area contributed by atoms with Crippen LogP contribution in [0.25, 0.3) is 0 Å². The number of aliphatic hydroxyl groups is 1. The van der Waals surface area contributed by atoms with Crippen molar-refractivity contribution in [1.82, 2.24) is 4.90 Å². The maximum absolute atomic E-state index is 14.0. The second-order valence-corrected chi connectivity index (χ2v) is 8.42. The predicted molar refractivity (Wildman–Crippen MR) is 73.2 cm³/mol. The average Bonchev–Trinajstić information content (AvgIpc) is 3.06. The molecule has 7 fully saturated rings. The lowest BCUT2D eigenvalue weighted by atomic mass is 9.59. The first-order valence-corrected chi connectivity index (χ1v) is 8.45. The molecule has 2 aliphatic heterocycles. The fraction of sp³-hybridized carbons (Fsp3) is 0.667. The van der Waals surface area contributed by atoms with Gasteiger partial charge < -0.3 is 5.11 Å². The summed E-state index contributed by atoms with van der Waals surface area (Å²) in [5.41, 5.74) is 0.173. The molecule has 1 aromatic carbocycles. The average molecular weight is 283 g/mol. The van der Waals surface area contributed by atoms with Crippen molar-refractivity contribution < 1.29 is 9.50 Å². The van der Waals surface area contributed by atoms with Crippen LogP contribution in [0, 0.1) is 53.2 Å². The molecule has 10 atom stereocenters. The molecule has 1 aromatic rings. The highest BCUT2D eigenvalue weighted by atomic mass is 19.1. The van der Waals surface area contributed by atoms with Crippen LogP contribution in [0.5, 0.6) is 0 Å². The lowest BCUT2D eigenvalue weighted by Crippen LogP contribution is -2.50. The van der Waals surface area contributed by atoms with E-state index in [4.69, 9.17) is 0 Å². The molecule has 3 heteroatoms. The SMILES string of the molecule is OC12C3C4CC5C6C4C1C6C(C53)N2Cc1ccccc1F. The van der Waals surface area contributed by atoms with Crippen LogP contribution in [0.3, 0.4) is 0 Å². The molecule has 10 unspecified atom stereocenters. The Labute approximate surface area is 122 Å². The van der Waals surface area contributed by atoms with Crippen LogP contribution < -0.4 is 0 Å². The fourth-order valence-corrected chi connectivity index (χ4v) is 8.58. The third-order valence-electron chi connectivity index (χ3n) is 8.51. The summed E-state index contributed by atoms with van der Waals surface area (Å²) < 4.78 is 14.0. The van der Waals surface area contributed by atoms with Gasteiger partial charge in [0.1, 0.15) is 11.5 Å². The number of halogens is 1. The Morgan fingerprint density at radius 3 is 2.81 bits per heavy atom. The zero-order chi connectivity index (χ0) is 13.7. The molecule has 2 nitrogen and oxygen atoms in total. The smallest absolute Gasteiger partial charge is 0.127 e. The Morgan fingerprint density at radius 2 is 1.95 bits per heavy atom. The summed E-state index contributed by atoms with van der Waals surface area (Å²) in [6.45, 7) is 0.604. The first-order valence-electron chi connectivity index (χ1n) is 8.45. The van der Waals surface area contributed by atoms with E-state index in [1.54, 1.807) is 12.1 Å². The summed E-state index contributed by atoms with van der Waals surface area (Å²) in [4.78, 5) is 2.34. The van der Waals surface area contributed by atoms with Gasteiger partial charge in [0.05, 0.1) is 0 Å². The van der Waals surface area contributed by atoms with Gasteiger partial charge in [-0.25, -0.2) is 4.39 Å². The Bertz CT molecular complexity index is 706. The molecule has 5 aliphatic carbocycles. The van der Waals surface area contributed by atoms with E-state index in [0.717, 1.165) is 41.1 Å². The highest BCUT2D eigenvalue weighted by Gasteiger charge is 2.93. The molecule has 2 saturated heterocycles. The standard InChI is InChI=1S/C18H18FNO/c19-10-4-2-1-3-7(10)6-20-17-13-8-5-9-12-11(8)14(17)16(12)18(20,21)15(9)13/h1-4,8-9,11-17,21H,5-6H2. The van der Waals surface area contributed by atoms with Gasteiger partial charge in [-0.3, -0.25) is 4.90 Å². The van der Waals surface area contributed by atoms with Crippen molar-refractivity contribution in [3.05, 3.63) is 35.6 Å². The third-order valence-corrected chi connectivity index (χ3v) is 8.51. The van der Waals surface area contributed by atoms with E-state index in [-0.39, 0.29) is 5.82 Å². The van der Waals surface area contributed by atoms with Gasteiger partial charge in [0.25, 0.3) is 0 Å². The molecule has 7 aliphatic rings. The van der Waals surface area contributed by atoms with Crippen molar-refractivity contribution >= 4 is 0 Å². The van der Waals surface area contributed by atoms with E-state index in [0.29, 0.717) is 24.4 Å². The molecule has 108 valence electrons. The van der Waals surface area contributed by atoms with E-state index in [2.05, 4.69) is 4.90 Å². The van der Waals surface area contributed by atoms with Crippen molar-refractivity contribution in [1.29, 1.82) is 0 Å². The van der Waals surface area contributed by atoms with Crippen LogP contribution in [0.1, 0.15) is 12.0 Å². The van der Waals surface area contributed by atoms with Crippen molar-refractivity contribution in [2.24, 2.45) is 47.3 Å². The molecule has 5 saturated carbocycles. The van der Waals surface area contributed by atoms with Crippen LogP contribution in [-0.2, 0) is 6.54 Å². The fourth-order valence-electron chi connectivity index (χ4n) is 8.58. The molecule has 0 radical (unpaired) electrons. The van der Waals surface area contributed by atoms with Crippen molar-refractivity contribution in [3.63, 3.8) is 0 Å². The maximum atomic E-state index is 14.0. The Morgan fingerprint density at radius 1 is 1.10 bits per heavy atom. The Hall–Kier alpha value is -0.930. The maximum Gasteiger partial charge on any atom is 0.127 e. The normalized spacial score (nSPS) is 63.2. The zero-order valence-corrected chi connectivity index (χ0v) is 11.7. The van der Waals surface area contributed by atoms with Crippen LogP contribution in [0.4, 0.5) is 4.39 Å². The van der Waals surface area contributed by atoms with Gasteiger partial charge >= 0.3 is 0 Å². The predicted octanol–water partition coefficient (Wildman–Crippen LogP) is 2.09. The first kappa shape index (κ1) is 10.7. The number of benzene rings is 1. The minimum absolute atomic E-state index is 0.121. The molecule has 2 heterocycles. The first-order chi connectivity index (χ1) is 10.2. The second-order valence-electron chi connectivity index (χ2n) is 8.42. The summed E-state index contributed by atoms with van der Waals surface area (Å²) in [6.07, 6.45) is 1.39. The monoisotopic (exact) mass is 283 g/mol. The molecule has 1 N–H and O–H groups in total. The van der Waals surface area contributed by atoms with Gasteiger partial charge in [-0.15, -0.1) is 0 Å². The number of hydrogen-bond acceptors (Lipinski definition) is 2. The van der Waals surface area contributed by atoms with E-state index < -0.39 is 5.72 Å². The number of nitrogens with zero attached hydrogens (tertiary/aromatic N) is 1. The summed E-state index contributed by atoms with van der Waals surface area (Å²) in [5, 5.41) is 11.6. The Balaban J connectivity index is 1.38. The van der Waals surface area contributed by atoms with Crippen molar-refractivity contribution in [3.8, 4) is 0 Å². The largest absolute Gasteiger partial charge is 0.375 e. The number of rotatable bonds is 2. The van der Waals surface area contributed by atoms with E-state index in [9.17, 15) is 9.50 Å². The highest BCUT2D eigenvalue weighted by molar-refractivity contribution is 5.41. The van der Waals surface area contributed by atoms with Gasteiger partial charge in [0.15, 0.2) is 0 Å². The van der Waals surface area contributed by atoms with Crippen molar-refractivity contribution in [2.45, 2.75) is 24.7 Å². The number of hydrogen-bond donors (Lipinski definition) is 1. The van der Waals surface area contributed by atoms with E-state index in [1.807, 2.05) is 12.1 Å². The quantitative estimate of drug-likeness (QED) is 0.898. The third kappa shape index (κ3) is 0.786.